The second-order valence-corrected chi connectivity index (χ2v) is 2.67. The van der Waals surface area contributed by atoms with Crippen molar-refractivity contribution in [2.24, 2.45) is 0 Å². The van der Waals surface area contributed by atoms with Crippen LogP contribution in [0.4, 0.5) is 0 Å². The van der Waals surface area contributed by atoms with Gasteiger partial charge in [0.2, 0.25) is 0 Å². The number of para-hydroxylation sites is 1. The summed E-state index contributed by atoms with van der Waals surface area (Å²) in [7, 11) is 0. The van der Waals surface area contributed by atoms with Gasteiger partial charge in [0, 0.05) is 13.5 Å². The summed E-state index contributed by atoms with van der Waals surface area (Å²) >= 11 is 0. The molecule has 0 unspecified atom stereocenters. The molecule has 0 aliphatic heterocycles. The third kappa shape index (κ3) is 2.87. The van der Waals surface area contributed by atoms with Gasteiger partial charge < -0.3 is 9.84 Å². The van der Waals surface area contributed by atoms with Gasteiger partial charge in [0.15, 0.2) is 0 Å². The van der Waals surface area contributed by atoms with Crippen LogP contribution in [0.2, 0.25) is 0 Å². The summed E-state index contributed by atoms with van der Waals surface area (Å²) in [5.74, 6) is 0.189. The SMILES string of the molecule is CC(=O)Oc1ccccc1CCO. The number of ether oxygens (including phenoxy) is 1. The van der Waals surface area contributed by atoms with Gasteiger partial charge in [0.25, 0.3) is 0 Å². The lowest BCUT2D eigenvalue weighted by molar-refractivity contribution is -0.131. The van der Waals surface area contributed by atoms with Gasteiger partial charge in [0.1, 0.15) is 5.75 Å². The molecule has 0 fully saturated rings. The van der Waals surface area contributed by atoms with E-state index in [0.717, 1.165) is 5.56 Å². The molecule has 0 atom stereocenters. The molecule has 1 aromatic carbocycles. The number of carbonyl (C=O) groups is 1. The lowest BCUT2D eigenvalue weighted by atomic mass is 10.1. The molecule has 0 aromatic heterocycles. The number of aliphatic hydroxyl groups excluding tert-OH is 1. The Hall–Kier alpha value is -1.35. The quantitative estimate of drug-likeness (QED) is 0.560. The summed E-state index contributed by atoms with van der Waals surface area (Å²) in [4.78, 5) is 10.7. The number of carbonyl (C=O) groups excluding carboxylic acids is 1. The van der Waals surface area contributed by atoms with Gasteiger partial charge in [-0.15, -0.1) is 0 Å². The van der Waals surface area contributed by atoms with Crippen LogP contribution >= 0.6 is 0 Å². The summed E-state index contributed by atoms with van der Waals surface area (Å²) in [5.41, 5.74) is 0.847. The van der Waals surface area contributed by atoms with Gasteiger partial charge in [-0.3, -0.25) is 4.79 Å². The summed E-state index contributed by atoms with van der Waals surface area (Å²) in [6, 6.07) is 7.18. The number of benzene rings is 1. The maximum absolute atomic E-state index is 10.7. The van der Waals surface area contributed by atoms with Crippen LogP contribution < -0.4 is 4.74 Å². The molecular weight excluding hydrogens is 168 g/mol. The summed E-state index contributed by atoms with van der Waals surface area (Å²) in [5, 5.41) is 8.74. The van der Waals surface area contributed by atoms with E-state index in [1.807, 2.05) is 12.1 Å². The molecule has 70 valence electrons. The second kappa shape index (κ2) is 4.62. The molecule has 0 heterocycles. The molecule has 13 heavy (non-hydrogen) atoms. The molecule has 0 radical (unpaired) electrons. The Kier molecular flexibility index (Phi) is 3.46. The van der Waals surface area contributed by atoms with Crippen LogP contribution in [0.1, 0.15) is 12.5 Å². The first kappa shape index (κ1) is 9.74. The molecule has 0 spiro atoms. The molecule has 0 bridgehead atoms. The zero-order valence-electron chi connectivity index (χ0n) is 7.49. The van der Waals surface area contributed by atoms with Crippen LogP contribution in [0.3, 0.4) is 0 Å². The average molecular weight is 180 g/mol. The molecule has 0 saturated heterocycles. The molecule has 1 aromatic rings. The zero-order chi connectivity index (χ0) is 9.68. The van der Waals surface area contributed by atoms with E-state index < -0.39 is 0 Å². The van der Waals surface area contributed by atoms with Crippen molar-refractivity contribution >= 4 is 5.97 Å². The van der Waals surface area contributed by atoms with Gasteiger partial charge >= 0.3 is 5.97 Å². The third-order valence-electron chi connectivity index (χ3n) is 1.61. The van der Waals surface area contributed by atoms with Crippen LogP contribution in [0.5, 0.6) is 5.75 Å². The van der Waals surface area contributed by atoms with Gasteiger partial charge in [-0.25, -0.2) is 0 Å². The Morgan fingerprint density at radius 3 is 2.77 bits per heavy atom. The van der Waals surface area contributed by atoms with Crippen molar-refractivity contribution in [1.82, 2.24) is 0 Å². The van der Waals surface area contributed by atoms with Crippen molar-refractivity contribution in [3.05, 3.63) is 29.8 Å². The Bertz CT molecular complexity index is 294. The highest BCUT2D eigenvalue weighted by Crippen LogP contribution is 2.18. The van der Waals surface area contributed by atoms with Crippen molar-refractivity contribution in [2.45, 2.75) is 13.3 Å². The lowest BCUT2D eigenvalue weighted by Gasteiger charge is -2.06. The highest BCUT2D eigenvalue weighted by atomic mass is 16.5. The molecule has 0 amide bonds. The van der Waals surface area contributed by atoms with E-state index >= 15 is 0 Å². The molecular formula is C10H12O3. The summed E-state index contributed by atoms with van der Waals surface area (Å²) in [6.07, 6.45) is 0.503. The fraction of sp³-hybridized carbons (Fsp3) is 0.300. The van der Waals surface area contributed by atoms with Gasteiger partial charge in [-0.05, 0) is 18.1 Å². The van der Waals surface area contributed by atoms with Crippen LogP contribution in [-0.4, -0.2) is 17.7 Å². The minimum atomic E-state index is -0.342. The smallest absolute Gasteiger partial charge is 0.308 e. The van der Waals surface area contributed by atoms with Crippen molar-refractivity contribution in [1.29, 1.82) is 0 Å². The fourth-order valence-electron chi connectivity index (χ4n) is 1.09. The maximum atomic E-state index is 10.7. The standard InChI is InChI=1S/C10H12O3/c1-8(12)13-10-5-3-2-4-9(10)6-7-11/h2-5,11H,6-7H2,1H3. The van der Waals surface area contributed by atoms with E-state index in [1.165, 1.54) is 6.92 Å². The first-order valence-corrected chi connectivity index (χ1v) is 4.11. The van der Waals surface area contributed by atoms with E-state index in [9.17, 15) is 4.79 Å². The summed E-state index contributed by atoms with van der Waals surface area (Å²) < 4.78 is 4.95. The highest BCUT2D eigenvalue weighted by molar-refractivity contribution is 5.69. The minimum Gasteiger partial charge on any atom is -0.426 e. The second-order valence-electron chi connectivity index (χ2n) is 2.67. The number of hydrogen-bond acceptors (Lipinski definition) is 3. The molecule has 1 N–H and O–H groups in total. The number of esters is 1. The van der Waals surface area contributed by atoms with Gasteiger partial charge in [0.05, 0.1) is 0 Å². The normalized spacial score (nSPS) is 9.69. The van der Waals surface area contributed by atoms with E-state index in [0.29, 0.717) is 12.2 Å². The molecule has 0 aliphatic carbocycles. The number of aliphatic hydroxyl groups is 1. The van der Waals surface area contributed by atoms with Crippen LogP contribution in [-0.2, 0) is 11.2 Å². The van der Waals surface area contributed by atoms with Crippen LogP contribution in [0.25, 0.3) is 0 Å². The van der Waals surface area contributed by atoms with E-state index in [4.69, 9.17) is 9.84 Å². The molecule has 1 rings (SSSR count). The third-order valence-corrected chi connectivity index (χ3v) is 1.61. The van der Waals surface area contributed by atoms with Crippen LogP contribution in [0, 0.1) is 0 Å². The first-order chi connectivity index (χ1) is 6.24. The Balaban J connectivity index is 2.84. The lowest BCUT2D eigenvalue weighted by Crippen LogP contribution is -2.04. The molecule has 3 nitrogen and oxygen atoms in total. The molecule has 0 aliphatic rings. The monoisotopic (exact) mass is 180 g/mol. The van der Waals surface area contributed by atoms with Crippen molar-refractivity contribution in [3.8, 4) is 5.75 Å². The number of hydrogen-bond donors (Lipinski definition) is 1. The Morgan fingerprint density at radius 2 is 2.15 bits per heavy atom. The summed E-state index contributed by atoms with van der Waals surface area (Å²) in [6.45, 7) is 1.41. The predicted octanol–water partition coefficient (Wildman–Crippen LogP) is 1.15. The Morgan fingerprint density at radius 1 is 1.46 bits per heavy atom. The molecule has 3 heteroatoms. The topological polar surface area (TPSA) is 46.5 Å². The zero-order valence-corrected chi connectivity index (χ0v) is 7.49. The Labute approximate surface area is 77.0 Å². The van der Waals surface area contributed by atoms with E-state index in [2.05, 4.69) is 0 Å². The molecule has 0 saturated carbocycles. The first-order valence-electron chi connectivity index (χ1n) is 4.11. The highest BCUT2D eigenvalue weighted by Gasteiger charge is 2.03. The maximum Gasteiger partial charge on any atom is 0.308 e. The average Bonchev–Trinajstić information content (AvgIpc) is 2.08. The van der Waals surface area contributed by atoms with Crippen LogP contribution in [0.15, 0.2) is 24.3 Å². The van der Waals surface area contributed by atoms with Crippen molar-refractivity contribution < 1.29 is 14.6 Å². The van der Waals surface area contributed by atoms with Crippen molar-refractivity contribution in [3.63, 3.8) is 0 Å². The minimum absolute atomic E-state index is 0.0538. The predicted molar refractivity (Wildman–Crippen MR) is 48.5 cm³/mol. The van der Waals surface area contributed by atoms with Gasteiger partial charge in [-0.2, -0.15) is 0 Å². The van der Waals surface area contributed by atoms with E-state index in [1.54, 1.807) is 12.1 Å². The fourth-order valence-corrected chi connectivity index (χ4v) is 1.09. The van der Waals surface area contributed by atoms with E-state index in [-0.39, 0.29) is 12.6 Å². The number of rotatable bonds is 3. The van der Waals surface area contributed by atoms with Gasteiger partial charge in [-0.1, -0.05) is 18.2 Å². The van der Waals surface area contributed by atoms with Crippen molar-refractivity contribution in [2.75, 3.05) is 6.61 Å². The largest absolute Gasteiger partial charge is 0.426 e.